The molecule has 1 amide bonds. The van der Waals surface area contributed by atoms with Gasteiger partial charge in [0.2, 0.25) is 5.91 Å². The summed E-state index contributed by atoms with van der Waals surface area (Å²) in [4.78, 5) is 25.3. The third kappa shape index (κ3) is 2.99. The molecule has 4 nitrogen and oxygen atoms in total. The van der Waals surface area contributed by atoms with Gasteiger partial charge in [0.05, 0.1) is 18.4 Å². The van der Waals surface area contributed by atoms with Crippen LogP contribution in [0.15, 0.2) is 42.5 Å². The van der Waals surface area contributed by atoms with Gasteiger partial charge in [0.25, 0.3) is 0 Å². The first-order valence-corrected chi connectivity index (χ1v) is 8.51. The van der Waals surface area contributed by atoms with E-state index in [0.29, 0.717) is 11.3 Å². The molecule has 24 heavy (non-hydrogen) atoms. The van der Waals surface area contributed by atoms with Gasteiger partial charge in [0, 0.05) is 16.3 Å². The highest BCUT2D eigenvalue weighted by Crippen LogP contribution is 2.44. The Morgan fingerprint density at radius 1 is 1.29 bits per heavy atom. The molecule has 1 heterocycles. The topological polar surface area (TPSA) is 46.6 Å². The first kappa shape index (κ1) is 16.8. The van der Waals surface area contributed by atoms with E-state index >= 15 is 0 Å². The molecular weight excluding hydrogens is 353 g/mol. The summed E-state index contributed by atoms with van der Waals surface area (Å²) in [6, 6.07) is 10.9. The number of carbonyl (C=O) groups excluding carboxylic acids is 2. The van der Waals surface area contributed by atoms with Crippen molar-refractivity contribution in [3.8, 4) is 0 Å². The van der Waals surface area contributed by atoms with E-state index in [9.17, 15) is 14.0 Å². The number of amides is 1. The van der Waals surface area contributed by atoms with Gasteiger partial charge in [0.1, 0.15) is 11.2 Å². The molecule has 1 atom stereocenters. The quantitative estimate of drug-likeness (QED) is 0.770. The largest absolute Gasteiger partial charge is 0.465 e. The Kier molecular flexibility index (Phi) is 4.78. The number of ether oxygens (including phenoxy) is 1. The number of hydrogen-bond donors (Lipinski definition) is 0. The zero-order valence-electron chi connectivity index (χ0n) is 12.7. The predicted octanol–water partition coefficient (Wildman–Crippen LogP) is 4.04. The van der Waals surface area contributed by atoms with E-state index in [1.165, 1.54) is 35.9 Å². The molecule has 1 aliphatic rings. The molecule has 1 saturated heterocycles. The summed E-state index contributed by atoms with van der Waals surface area (Å²) in [5, 5.41) is -0.270. The lowest BCUT2D eigenvalue weighted by Gasteiger charge is -2.25. The minimum atomic E-state index is -0.546. The summed E-state index contributed by atoms with van der Waals surface area (Å²) in [7, 11) is 1.30. The van der Waals surface area contributed by atoms with Crippen molar-refractivity contribution >= 4 is 40.9 Å². The van der Waals surface area contributed by atoms with Crippen molar-refractivity contribution in [2.45, 2.75) is 5.37 Å². The molecule has 0 saturated carbocycles. The van der Waals surface area contributed by atoms with E-state index < -0.39 is 17.2 Å². The van der Waals surface area contributed by atoms with Crippen molar-refractivity contribution in [1.82, 2.24) is 0 Å². The Bertz CT molecular complexity index is 777. The van der Waals surface area contributed by atoms with Crippen LogP contribution in [0.5, 0.6) is 0 Å². The van der Waals surface area contributed by atoms with Crippen LogP contribution in [0.1, 0.15) is 21.3 Å². The number of nitrogens with zero attached hydrogens (tertiary/aromatic N) is 1. The van der Waals surface area contributed by atoms with Gasteiger partial charge >= 0.3 is 5.97 Å². The lowest BCUT2D eigenvalue weighted by atomic mass is 10.1. The maximum absolute atomic E-state index is 14.2. The van der Waals surface area contributed by atoms with Crippen LogP contribution in [0.4, 0.5) is 10.1 Å². The zero-order chi connectivity index (χ0) is 17.3. The number of hydrogen-bond acceptors (Lipinski definition) is 4. The highest BCUT2D eigenvalue weighted by atomic mass is 35.5. The zero-order valence-corrected chi connectivity index (χ0v) is 14.2. The van der Waals surface area contributed by atoms with Crippen LogP contribution in [0.2, 0.25) is 5.02 Å². The second-order valence-electron chi connectivity index (χ2n) is 5.10. The first-order valence-electron chi connectivity index (χ1n) is 7.09. The third-order valence-electron chi connectivity index (χ3n) is 3.68. The van der Waals surface area contributed by atoms with Gasteiger partial charge in [-0.3, -0.25) is 9.69 Å². The fourth-order valence-corrected chi connectivity index (χ4v) is 4.10. The van der Waals surface area contributed by atoms with Gasteiger partial charge < -0.3 is 4.74 Å². The van der Waals surface area contributed by atoms with Gasteiger partial charge in [-0.15, -0.1) is 11.8 Å². The monoisotopic (exact) mass is 365 g/mol. The normalized spacial score (nSPS) is 17.2. The second-order valence-corrected chi connectivity index (χ2v) is 6.58. The Morgan fingerprint density at radius 3 is 2.62 bits per heavy atom. The lowest BCUT2D eigenvalue weighted by molar-refractivity contribution is -0.115. The van der Waals surface area contributed by atoms with Crippen LogP contribution in [0, 0.1) is 5.82 Å². The van der Waals surface area contributed by atoms with E-state index in [1.54, 1.807) is 30.3 Å². The van der Waals surface area contributed by atoms with Gasteiger partial charge in [-0.1, -0.05) is 17.7 Å². The number of anilines is 1. The molecule has 124 valence electrons. The molecule has 7 heteroatoms. The summed E-state index contributed by atoms with van der Waals surface area (Å²) in [5.74, 6) is -0.827. The Morgan fingerprint density at radius 2 is 2.00 bits per heavy atom. The van der Waals surface area contributed by atoms with E-state index in [-0.39, 0.29) is 22.2 Å². The fraction of sp³-hybridized carbons (Fsp3) is 0.176. The number of halogens is 2. The second kappa shape index (κ2) is 6.83. The summed E-state index contributed by atoms with van der Waals surface area (Å²) < 4.78 is 18.9. The highest BCUT2D eigenvalue weighted by molar-refractivity contribution is 8.00. The van der Waals surface area contributed by atoms with Crippen molar-refractivity contribution in [1.29, 1.82) is 0 Å². The van der Waals surface area contributed by atoms with Crippen LogP contribution in [0.25, 0.3) is 0 Å². The minimum Gasteiger partial charge on any atom is -0.465 e. The SMILES string of the molecule is COC(=O)c1ccc(N2C(=O)CS[C@@H]2c2c(F)cccc2Cl)cc1. The molecule has 0 spiro atoms. The van der Waals surface area contributed by atoms with Crippen LogP contribution in [-0.2, 0) is 9.53 Å². The molecular formula is C17H13ClFNO3S. The number of methoxy groups -OCH3 is 1. The highest BCUT2D eigenvalue weighted by Gasteiger charge is 2.36. The lowest BCUT2D eigenvalue weighted by Crippen LogP contribution is -2.28. The van der Waals surface area contributed by atoms with Crippen LogP contribution < -0.4 is 4.90 Å². The van der Waals surface area contributed by atoms with Crippen molar-refractivity contribution in [3.05, 3.63) is 64.4 Å². The Labute approximate surface area is 147 Å². The van der Waals surface area contributed by atoms with E-state index in [2.05, 4.69) is 4.74 Å². The van der Waals surface area contributed by atoms with Crippen molar-refractivity contribution in [2.24, 2.45) is 0 Å². The van der Waals surface area contributed by atoms with Crippen LogP contribution in [-0.4, -0.2) is 24.7 Å². The average Bonchev–Trinajstić information content (AvgIpc) is 2.95. The first-order chi connectivity index (χ1) is 11.5. The molecule has 0 bridgehead atoms. The van der Waals surface area contributed by atoms with Crippen molar-refractivity contribution in [3.63, 3.8) is 0 Å². The van der Waals surface area contributed by atoms with Crippen molar-refractivity contribution in [2.75, 3.05) is 17.8 Å². The Balaban J connectivity index is 1.98. The summed E-state index contributed by atoms with van der Waals surface area (Å²) >= 11 is 7.45. The predicted molar refractivity (Wildman–Crippen MR) is 91.9 cm³/mol. The molecule has 0 unspecified atom stereocenters. The van der Waals surface area contributed by atoms with Gasteiger partial charge in [-0.25, -0.2) is 9.18 Å². The van der Waals surface area contributed by atoms with E-state index in [1.807, 2.05) is 0 Å². The maximum Gasteiger partial charge on any atom is 0.337 e. The average molecular weight is 366 g/mol. The molecule has 0 aromatic heterocycles. The number of carbonyl (C=O) groups is 2. The molecule has 2 aromatic carbocycles. The third-order valence-corrected chi connectivity index (χ3v) is 5.19. The van der Waals surface area contributed by atoms with Crippen molar-refractivity contribution < 1.29 is 18.7 Å². The number of benzene rings is 2. The molecule has 0 radical (unpaired) electrons. The molecule has 2 aromatic rings. The maximum atomic E-state index is 14.2. The van der Waals surface area contributed by atoms with E-state index in [4.69, 9.17) is 11.6 Å². The molecule has 1 aliphatic heterocycles. The molecule has 1 fully saturated rings. The number of esters is 1. The smallest absolute Gasteiger partial charge is 0.337 e. The van der Waals surface area contributed by atoms with Crippen LogP contribution >= 0.6 is 23.4 Å². The number of thioether (sulfide) groups is 1. The standard InChI is InChI=1S/C17H13ClFNO3S/c1-23-17(22)10-5-7-11(8-6-10)20-14(21)9-24-16(20)15-12(18)3-2-4-13(15)19/h2-8,16H,9H2,1H3/t16-/m1/s1. The van der Waals surface area contributed by atoms with Gasteiger partial charge in [-0.2, -0.15) is 0 Å². The minimum absolute atomic E-state index is 0.143. The molecule has 0 aliphatic carbocycles. The van der Waals surface area contributed by atoms with Gasteiger partial charge in [0.15, 0.2) is 0 Å². The van der Waals surface area contributed by atoms with Crippen LogP contribution in [0.3, 0.4) is 0 Å². The fourth-order valence-electron chi connectivity index (χ4n) is 2.54. The molecule has 0 N–H and O–H groups in total. The van der Waals surface area contributed by atoms with E-state index in [0.717, 1.165) is 0 Å². The molecule has 3 rings (SSSR count). The Hall–Kier alpha value is -2.05. The summed E-state index contributed by atoms with van der Waals surface area (Å²) in [6.45, 7) is 0. The summed E-state index contributed by atoms with van der Waals surface area (Å²) in [5.41, 5.74) is 1.23. The number of rotatable bonds is 3. The van der Waals surface area contributed by atoms with Gasteiger partial charge in [-0.05, 0) is 36.4 Å². The summed E-state index contributed by atoms with van der Waals surface area (Å²) in [6.07, 6.45) is 0.